The Labute approximate surface area is 208 Å². The van der Waals surface area contributed by atoms with Gasteiger partial charge in [-0.25, -0.2) is 14.2 Å². The summed E-state index contributed by atoms with van der Waals surface area (Å²) in [4.78, 5) is 24.5. The van der Waals surface area contributed by atoms with E-state index in [9.17, 15) is 9.18 Å². The first-order chi connectivity index (χ1) is 14.6. The number of nitrogens with zero attached hydrogens (tertiary/aromatic N) is 4. The fraction of sp³-hybridized carbons (Fsp3) is 0.682. The molecule has 32 heavy (non-hydrogen) atoms. The van der Waals surface area contributed by atoms with Gasteiger partial charge in [-0.15, -0.1) is 24.0 Å². The average Bonchev–Trinajstić information content (AvgIpc) is 3.13. The number of anilines is 1. The Kier molecular flexibility index (Phi) is 11.5. The molecule has 1 aliphatic heterocycles. The lowest BCUT2D eigenvalue weighted by molar-refractivity contribution is 0.0190. The zero-order chi connectivity index (χ0) is 23.0. The molecule has 0 bridgehead atoms. The van der Waals surface area contributed by atoms with Crippen LogP contribution in [-0.2, 0) is 4.74 Å². The monoisotopic (exact) mass is 564 g/mol. The molecular weight excluding hydrogens is 526 g/mol. The summed E-state index contributed by atoms with van der Waals surface area (Å²) in [6.07, 6.45) is 2.94. The summed E-state index contributed by atoms with van der Waals surface area (Å²) in [5, 5.41) is 6.69. The van der Waals surface area contributed by atoms with Gasteiger partial charge in [0.2, 0.25) is 0 Å². The Morgan fingerprint density at radius 2 is 2.16 bits per heavy atom. The first-order valence-corrected chi connectivity index (χ1v) is 10.9. The third kappa shape index (κ3) is 8.95. The minimum atomic E-state index is -0.512. The fourth-order valence-corrected chi connectivity index (χ4v) is 3.41. The minimum absolute atomic E-state index is 0. The van der Waals surface area contributed by atoms with Gasteiger partial charge in [-0.1, -0.05) is 0 Å². The molecule has 1 amide bonds. The molecule has 0 spiro atoms. The molecule has 182 valence electrons. The minimum Gasteiger partial charge on any atom is -0.444 e. The molecule has 0 aliphatic carbocycles. The van der Waals surface area contributed by atoms with Gasteiger partial charge in [-0.2, -0.15) is 0 Å². The Bertz CT molecular complexity index is 756. The number of hydrogen-bond acceptors (Lipinski definition) is 5. The van der Waals surface area contributed by atoms with Crippen molar-refractivity contribution >= 4 is 41.8 Å². The number of rotatable bonds is 7. The Balaban J connectivity index is 0.00000512. The predicted octanol–water partition coefficient (Wildman–Crippen LogP) is 3.62. The molecule has 1 aromatic heterocycles. The van der Waals surface area contributed by atoms with Gasteiger partial charge in [0.05, 0.1) is 0 Å². The van der Waals surface area contributed by atoms with Crippen LogP contribution < -0.4 is 15.5 Å². The van der Waals surface area contributed by atoms with E-state index in [-0.39, 0.29) is 48.0 Å². The van der Waals surface area contributed by atoms with Gasteiger partial charge >= 0.3 is 6.09 Å². The zero-order valence-electron chi connectivity index (χ0n) is 20.0. The van der Waals surface area contributed by atoms with Crippen molar-refractivity contribution in [2.24, 2.45) is 4.99 Å². The normalized spacial score (nSPS) is 16.6. The molecule has 8 nitrogen and oxygen atoms in total. The number of carbonyl (C=O) groups excluding carboxylic acids is 1. The first kappa shape index (κ1) is 28.2. The first-order valence-electron chi connectivity index (χ1n) is 10.9. The molecule has 0 aromatic carbocycles. The van der Waals surface area contributed by atoms with E-state index < -0.39 is 5.60 Å². The average molecular weight is 564 g/mol. The van der Waals surface area contributed by atoms with E-state index in [0.717, 1.165) is 19.4 Å². The molecule has 0 radical (unpaired) electrons. The molecule has 1 atom stereocenters. The molecule has 2 heterocycles. The van der Waals surface area contributed by atoms with Crippen LogP contribution in [0.15, 0.2) is 23.3 Å². The van der Waals surface area contributed by atoms with Crippen LogP contribution in [-0.4, -0.2) is 72.8 Å². The lowest BCUT2D eigenvalue weighted by Gasteiger charge is -2.30. The van der Waals surface area contributed by atoms with Gasteiger partial charge in [0.15, 0.2) is 17.6 Å². The van der Waals surface area contributed by atoms with Crippen LogP contribution >= 0.6 is 24.0 Å². The van der Waals surface area contributed by atoms with Crippen LogP contribution in [0.4, 0.5) is 15.0 Å². The van der Waals surface area contributed by atoms with Gasteiger partial charge in [0.1, 0.15) is 5.60 Å². The molecular formula is C22H38FIN6O2. The summed E-state index contributed by atoms with van der Waals surface area (Å²) in [6.45, 7) is 12.2. The summed E-state index contributed by atoms with van der Waals surface area (Å²) < 4.78 is 19.5. The van der Waals surface area contributed by atoms with Gasteiger partial charge in [0.25, 0.3) is 0 Å². The van der Waals surface area contributed by atoms with E-state index in [4.69, 9.17) is 4.74 Å². The van der Waals surface area contributed by atoms with Gasteiger partial charge in [-0.05, 0) is 59.6 Å². The quantitative estimate of drug-likeness (QED) is 0.228. The van der Waals surface area contributed by atoms with Gasteiger partial charge in [0, 0.05) is 51.5 Å². The third-order valence-electron chi connectivity index (χ3n) is 4.91. The van der Waals surface area contributed by atoms with Crippen molar-refractivity contribution in [3.63, 3.8) is 0 Å². The van der Waals surface area contributed by atoms with Crippen molar-refractivity contribution in [2.75, 3.05) is 38.1 Å². The van der Waals surface area contributed by atoms with E-state index >= 15 is 0 Å². The highest BCUT2D eigenvalue weighted by Gasteiger charge is 2.26. The summed E-state index contributed by atoms with van der Waals surface area (Å²) in [5.74, 6) is 0.790. The van der Waals surface area contributed by atoms with E-state index in [0.29, 0.717) is 31.4 Å². The van der Waals surface area contributed by atoms with Gasteiger partial charge in [-0.3, -0.25) is 4.99 Å². The molecule has 2 N–H and O–H groups in total. The molecule has 1 saturated heterocycles. The van der Waals surface area contributed by atoms with Crippen molar-refractivity contribution in [2.45, 2.75) is 65.1 Å². The number of guanidine groups is 1. The standard InChI is InChI=1S/C22H37FN6O2.HI/c1-16(2)29(21(30)31-22(3,4)5)13-8-12-26-20(24-6)27-17-10-14-28(15-17)19-18(23)9-7-11-25-19;/h7,9,11,16-17H,8,10,12-15H2,1-6H3,(H2,24,26,27);1H. The Morgan fingerprint density at radius 1 is 1.44 bits per heavy atom. The van der Waals surface area contributed by atoms with E-state index in [1.54, 1.807) is 24.2 Å². The number of nitrogens with one attached hydrogen (secondary N) is 2. The predicted molar refractivity (Wildman–Crippen MR) is 137 cm³/mol. The van der Waals surface area contributed by atoms with Crippen LogP contribution in [0.5, 0.6) is 0 Å². The summed E-state index contributed by atoms with van der Waals surface area (Å²) in [7, 11) is 1.72. The van der Waals surface area contributed by atoms with E-state index in [2.05, 4.69) is 20.6 Å². The molecule has 2 rings (SSSR count). The Morgan fingerprint density at radius 3 is 2.75 bits per heavy atom. The third-order valence-corrected chi connectivity index (χ3v) is 4.91. The molecule has 10 heteroatoms. The van der Waals surface area contributed by atoms with Crippen molar-refractivity contribution < 1.29 is 13.9 Å². The zero-order valence-corrected chi connectivity index (χ0v) is 22.4. The molecule has 1 aromatic rings. The highest BCUT2D eigenvalue weighted by molar-refractivity contribution is 14.0. The second-order valence-corrected chi connectivity index (χ2v) is 9.00. The van der Waals surface area contributed by atoms with Crippen molar-refractivity contribution in [1.29, 1.82) is 0 Å². The maximum atomic E-state index is 14.0. The second-order valence-electron chi connectivity index (χ2n) is 9.00. The number of pyridine rings is 1. The van der Waals surface area contributed by atoms with E-state index in [1.807, 2.05) is 39.5 Å². The molecule has 1 unspecified atom stereocenters. The van der Waals surface area contributed by atoms with Crippen LogP contribution in [0.3, 0.4) is 0 Å². The second kappa shape index (κ2) is 13.0. The smallest absolute Gasteiger partial charge is 0.410 e. The largest absolute Gasteiger partial charge is 0.444 e. The SMILES string of the molecule is CN=C(NCCCN(C(=O)OC(C)(C)C)C(C)C)NC1CCN(c2ncccc2F)C1.I. The summed E-state index contributed by atoms with van der Waals surface area (Å²) in [6, 6.07) is 3.24. The Hall–Kier alpha value is -1.85. The highest BCUT2D eigenvalue weighted by Crippen LogP contribution is 2.20. The highest BCUT2D eigenvalue weighted by atomic mass is 127. The van der Waals surface area contributed by atoms with Crippen LogP contribution in [0.25, 0.3) is 0 Å². The maximum absolute atomic E-state index is 14.0. The van der Waals surface area contributed by atoms with Crippen molar-refractivity contribution in [3.8, 4) is 0 Å². The number of aromatic nitrogens is 1. The maximum Gasteiger partial charge on any atom is 0.410 e. The number of hydrogen-bond donors (Lipinski definition) is 2. The van der Waals surface area contributed by atoms with Crippen molar-refractivity contribution in [3.05, 3.63) is 24.1 Å². The molecule has 1 fully saturated rings. The van der Waals surface area contributed by atoms with Crippen LogP contribution in [0.1, 0.15) is 47.5 Å². The summed E-state index contributed by atoms with van der Waals surface area (Å²) in [5.41, 5.74) is -0.512. The number of carbonyl (C=O) groups is 1. The number of aliphatic imine (C=N–C) groups is 1. The van der Waals surface area contributed by atoms with Gasteiger partial charge < -0.3 is 25.2 Å². The molecule has 0 saturated carbocycles. The van der Waals surface area contributed by atoms with Crippen molar-refractivity contribution in [1.82, 2.24) is 20.5 Å². The molecule has 1 aliphatic rings. The van der Waals surface area contributed by atoms with Crippen LogP contribution in [0, 0.1) is 5.82 Å². The number of halogens is 2. The lowest BCUT2D eigenvalue weighted by Crippen LogP contribution is -2.46. The number of amides is 1. The lowest BCUT2D eigenvalue weighted by atomic mass is 10.2. The topological polar surface area (TPSA) is 82.1 Å². The fourth-order valence-electron chi connectivity index (χ4n) is 3.41. The van der Waals surface area contributed by atoms with Crippen LogP contribution in [0.2, 0.25) is 0 Å². The summed E-state index contributed by atoms with van der Waals surface area (Å²) >= 11 is 0. The van der Waals surface area contributed by atoms with E-state index in [1.165, 1.54) is 6.07 Å². The number of ether oxygens (including phenoxy) is 1.